The number of rotatable bonds is 8. The topological polar surface area (TPSA) is 103 Å². The highest BCUT2D eigenvalue weighted by Crippen LogP contribution is 2.38. The third-order valence-corrected chi connectivity index (χ3v) is 7.27. The van der Waals surface area contributed by atoms with Crippen molar-refractivity contribution in [3.05, 3.63) is 89.5 Å². The van der Waals surface area contributed by atoms with E-state index in [0.29, 0.717) is 34.6 Å². The predicted molar refractivity (Wildman–Crippen MR) is 162 cm³/mol. The maximum Gasteiger partial charge on any atom is 0.337 e. The second-order valence-corrected chi connectivity index (χ2v) is 10.4. The van der Waals surface area contributed by atoms with Gasteiger partial charge in [0.25, 0.3) is 5.91 Å². The summed E-state index contributed by atoms with van der Waals surface area (Å²) in [5.41, 5.74) is 5.13. The number of piperazine rings is 1. The van der Waals surface area contributed by atoms with Crippen LogP contribution in [0.15, 0.2) is 72.8 Å². The second kappa shape index (κ2) is 12.4. The molecule has 0 aromatic heterocycles. The molecule has 0 unspecified atom stereocenters. The molecular weight excluding hydrogens is 518 g/mol. The van der Waals surface area contributed by atoms with E-state index in [9.17, 15) is 14.4 Å². The van der Waals surface area contributed by atoms with Crippen LogP contribution >= 0.6 is 0 Å². The molecule has 0 spiro atoms. The van der Waals surface area contributed by atoms with Crippen molar-refractivity contribution in [2.45, 2.75) is 19.9 Å². The van der Waals surface area contributed by atoms with Crippen LogP contribution in [-0.2, 0) is 14.3 Å². The van der Waals surface area contributed by atoms with E-state index in [1.807, 2.05) is 73.3 Å². The quantitative estimate of drug-likeness (QED) is 0.286. The van der Waals surface area contributed by atoms with E-state index in [1.165, 1.54) is 7.11 Å². The molecule has 0 bridgehead atoms. The summed E-state index contributed by atoms with van der Waals surface area (Å²) in [5.74, 6) is -0.669. The Morgan fingerprint density at radius 1 is 0.976 bits per heavy atom. The first-order valence-corrected chi connectivity index (χ1v) is 13.8. The summed E-state index contributed by atoms with van der Waals surface area (Å²) in [5, 5.41) is 9.67. The van der Waals surface area contributed by atoms with Crippen LogP contribution in [-0.4, -0.2) is 68.6 Å². The van der Waals surface area contributed by atoms with Crippen molar-refractivity contribution in [1.82, 2.24) is 10.2 Å². The minimum Gasteiger partial charge on any atom is -0.465 e. The smallest absolute Gasteiger partial charge is 0.337 e. The molecule has 1 fully saturated rings. The molecule has 3 aromatic rings. The molecule has 2 heterocycles. The van der Waals surface area contributed by atoms with E-state index in [2.05, 4.69) is 20.9 Å². The summed E-state index contributed by atoms with van der Waals surface area (Å²) >= 11 is 0. The van der Waals surface area contributed by atoms with Crippen LogP contribution in [0, 0.1) is 0 Å². The summed E-state index contributed by atoms with van der Waals surface area (Å²) in [4.78, 5) is 42.6. The van der Waals surface area contributed by atoms with E-state index in [-0.39, 0.29) is 17.9 Å². The van der Waals surface area contributed by atoms with Gasteiger partial charge in [-0.1, -0.05) is 36.4 Å². The zero-order chi connectivity index (χ0) is 28.9. The Hall–Kier alpha value is -4.47. The van der Waals surface area contributed by atoms with Crippen molar-refractivity contribution in [3.8, 4) is 0 Å². The van der Waals surface area contributed by atoms with Gasteiger partial charge in [0.1, 0.15) is 0 Å². The lowest BCUT2D eigenvalue weighted by Crippen LogP contribution is -2.49. The SMILES string of the molecule is COC(=O)c1ccc2c(c1)NC(=O)/C2=C(\Nc1ccc(N(C(=O)CN2CCNCC2)C(C)C)cc1)c1ccccc1. The highest BCUT2D eigenvalue weighted by Gasteiger charge is 2.29. The molecule has 1 saturated heterocycles. The van der Waals surface area contributed by atoms with Crippen LogP contribution in [0.3, 0.4) is 0 Å². The lowest BCUT2D eigenvalue weighted by Gasteiger charge is -2.32. The molecule has 2 amide bonds. The molecule has 3 N–H and O–H groups in total. The van der Waals surface area contributed by atoms with Gasteiger partial charge in [0, 0.05) is 49.2 Å². The van der Waals surface area contributed by atoms with Gasteiger partial charge in [-0.2, -0.15) is 0 Å². The monoisotopic (exact) mass is 553 g/mol. The van der Waals surface area contributed by atoms with Crippen molar-refractivity contribution in [2.24, 2.45) is 0 Å². The lowest BCUT2D eigenvalue weighted by atomic mass is 9.99. The van der Waals surface area contributed by atoms with Crippen LogP contribution in [0.2, 0.25) is 0 Å². The number of nitrogens with one attached hydrogen (secondary N) is 3. The normalized spacial score (nSPS) is 16.1. The number of carbonyl (C=O) groups excluding carboxylic acids is 3. The van der Waals surface area contributed by atoms with Crippen LogP contribution in [0.4, 0.5) is 17.1 Å². The second-order valence-electron chi connectivity index (χ2n) is 10.4. The summed E-state index contributed by atoms with van der Waals surface area (Å²) in [6, 6.07) is 22.4. The van der Waals surface area contributed by atoms with Crippen molar-refractivity contribution < 1.29 is 19.1 Å². The Morgan fingerprint density at radius 3 is 2.34 bits per heavy atom. The van der Waals surface area contributed by atoms with E-state index >= 15 is 0 Å². The zero-order valence-corrected chi connectivity index (χ0v) is 23.6. The van der Waals surface area contributed by atoms with Crippen molar-refractivity contribution in [3.63, 3.8) is 0 Å². The number of fused-ring (bicyclic) bond motifs is 1. The average molecular weight is 554 g/mol. The standard InChI is InChI=1S/C32H35N5O4/c1-21(2)37(28(38)20-36-17-15-33-16-18-36)25-12-10-24(11-13-25)34-30(22-7-5-4-6-8-22)29-26-14-9-23(32(40)41-3)19-27(26)35-31(29)39/h4-14,19,21,33-34H,15-18,20H2,1-3H3,(H,35,39)/b30-29-. The van der Waals surface area contributed by atoms with Crippen molar-refractivity contribution >= 4 is 46.1 Å². The van der Waals surface area contributed by atoms with Gasteiger partial charge >= 0.3 is 5.97 Å². The Bertz CT molecular complexity index is 1460. The first kappa shape index (κ1) is 28.1. The lowest BCUT2D eigenvalue weighted by molar-refractivity contribution is -0.120. The van der Waals surface area contributed by atoms with Crippen LogP contribution in [0.25, 0.3) is 11.3 Å². The molecule has 2 aliphatic heterocycles. The number of esters is 1. The number of ether oxygens (including phenoxy) is 1. The van der Waals surface area contributed by atoms with Gasteiger partial charge in [-0.3, -0.25) is 14.5 Å². The van der Waals surface area contributed by atoms with Gasteiger partial charge in [0.05, 0.1) is 36.2 Å². The molecular formula is C32H35N5O4. The van der Waals surface area contributed by atoms with Gasteiger partial charge in [0.2, 0.25) is 5.91 Å². The number of benzene rings is 3. The minimum absolute atomic E-state index is 0.000195. The van der Waals surface area contributed by atoms with Gasteiger partial charge in [-0.25, -0.2) is 4.79 Å². The molecule has 0 radical (unpaired) electrons. The zero-order valence-electron chi connectivity index (χ0n) is 23.6. The maximum atomic E-state index is 13.3. The van der Waals surface area contributed by atoms with E-state index in [4.69, 9.17) is 4.74 Å². The summed E-state index contributed by atoms with van der Waals surface area (Å²) in [6.45, 7) is 7.92. The largest absolute Gasteiger partial charge is 0.465 e. The van der Waals surface area contributed by atoms with Crippen LogP contribution in [0.5, 0.6) is 0 Å². The Labute approximate surface area is 240 Å². The fourth-order valence-electron chi connectivity index (χ4n) is 5.27. The highest BCUT2D eigenvalue weighted by atomic mass is 16.5. The average Bonchev–Trinajstić information content (AvgIpc) is 3.31. The predicted octanol–water partition coefficient (Wildman–Crippen LogP) is 4.05. The number of carbonyl (C=O) groups is 3. The van der Waals surface area contributed by atoms with Crippen molar-refractivity contribution in [2.75, 3.05) is 55.4 Å². The van der Waals surface area contributed by atoms with Gasteiger partial charge in [-0.05, 0) is 55.8 Å². The first-order chi connectivity index (χ1) is 19.9. The Kier molecular flexibility index (Phi) is 8.47. The molecule has 0 saturated carbocycles. The van der Waals surface area contributed by atoms with Crippen LogP contribution in [0.1, 0.15) is 35.3 Å². The number of nitrogens with zero attached hydrogens (tertiary/aromatic N) is 2. The molecule has 3 aromatic carbocycles. The minimum atomic E-state index is -0.470. The van der Waals surface area contributed by atoms with Crippen LogP contribution < -0.4 is 20.9 Å². The molecule has 9 nitrogen and oxygen atoms in total. The number of methoxy groups -OCH3 is 1. The third-order valence-electron chi connectivity index (χ3n) is 7.27. The number of anilines is 3. The Balaban J connectivity index is 1.45. The number of amides is 2. The van der Waals surface area contributed by atoms with Gasteiger partial charge in [0.15, 0.2) is 0 Å². The number of hydrogen-bond acceptors (Lipinski definition) is 7. The summed E-state index contributed by atoms with van der Waals surface area (Å²) in [6.07, 6.45) is 0. The molecule has 212 valence electrons. The summed E-state index contributed by atoms with van der Waals surface area (Å²) < 4.78 is 4.83. The fourth-order valence-corrected chi connectivity index (χ4v) is 5.27. The molecule has 9 heteroatoms. The molecule has 2 aliphatic rings. The first-order valence-electron chi connectivity index (χ1n) is 13.8. The van der Waals surface area contributed by atoms with E-state index < -0.39 is 5.97 Å². The summed E-state index contributed by atoms with van der Waals surface area (Å²) in [7, 11) is 1.32. The van der Waals surface area contributed by atoms with Gasteiger partial charge in [-0.15, -0.1) is 0 Å². The van der Waals surface area contributed by atoms with Gasteiger partial charge < -0.3 is 25.6 Å². The number of hydrogen-bond donors (Lipinski definition) is 3. The fraction of sp³-hybridized carbons (Fsp3) is 0.281. The molecule has 0 atom stereocenters. The van der Waals surface area contributed by atoms with E-state index in [0.717, 1.165) is 43.1 Å². The van der Waals surface area contributed by atoms with E-state index in [1.54, 1.807) is 18.2 Å². The molecule has 5 rings (SSSR count). The molecule has 41 heavy (non-hydrogen) atoms. The molecule has 0 aliphatic carbocycles. The Morgan fingerprint density at radius 2 is 1.68 bits per heavy atom. The van der Waals surface area contributed by atoms with Crippen molar-refractivity contribution in [1.29, 1.82) is 0 Å². The maximum absolute atomic E-state index is 13.3. The third kappa shape index (κ3) is 6.16. The highest BCUT2D eigenvalue weighted by molar-refractivity contribution is 6.37.